The number of likely N-dealkylation sites (tertiary alicyclic amines) is 1. The van der Waals surface area contributed by atoms with Crippen LogP contribution in [0.2, 0.25) is 5.15 Å². The lowest BCUT2D eigenvalue weighted by Gasteiger charge is -2.19. The van der Waals surface area contributed by atoms with Crippen molar-refractivity contribution in [3.63, 3.8) is 0 Å². The molecule has 1 atom stereocenters. The lowest BCUT2D eigenvalue weighted by molar-refractivity contribution is 0.277. The van der Waals surface area contributed by atoms with Crippen LogP contribution < -0.4 is 11.2 Å². The van der Waals surface area contributed by atoms with Crippen molar-refractivity contribution in [3.8, 4) is 0 Å². The maximum Gasteiger partial charge on any atom is 0.329 e. The average molecular weight is 244 g/mol. The van der Waals surface area contributed by atoms with E-state index in [0.717, 1.165) is 19.4 Å². The van der Waals surface area contributed by atoms with Crippen LogP contribution in [-0.4, -0.2) is 34.1 Å². The van der Waals surface area contributed by atoms with Crippen molar-refractivity contribution in [2.45, 2.75) is 25.4 Å². The van der Waals surface area contributed by atoms with Crippen molar-refractivity contribution in [1.29, 1.82) is 0 Å². The minimum atomic E-state index is -0.433. The molecule has 88 valence electrons. The summed E-state index contributed by atoms with van der Waals surface area (Å²) in [5, 5.41) is 0.0889. The van der Waals surface area contributed by atoms with Crippen LogP contribution in [-0.2, 0) is 6.54 Å². The van der Waals surface area contributed by atoms with Gasteiger partial charge in [0.1, 0.15) is 5.15 Å². The zero-order valence-corrected chi connectivity index (χ0v) is 9.83. The van der Waals surface area contributed by atoms with Crippen molar-refractivity contribution in [3.05, 3.63) is 32.1 Å². The van der Waals surface area contributed by atoms with Crippen LogP contribution in [0.4, 0.5) is 0 Å². The zero-order chi connectivity index (χ0) is 11.7. The number of rotatable bonds is 2. The summed E-state index contributed by atoms with van der Waals surface area (Å²) >= 11 is 5.59. The predicted octanol–water partition coefficient (Wildman–Crippen LogP) is 0.284. The highest BCUT2D eigenvalue weighted by atomic mass is 35.5. The minimum absolute atomic E-state index is 0.0889. The van der Waals surface area contributed by atoms with Gasteiger partial charge in [-0.25, -0.2) is 4.79 Å². The molecule has 0 saturated carbocycles. The minimum Gasteiger partial charge on any atom is -0.302 e. The zero-order valence-electron chi connectivity index (χ0n) is 9.07. The van der Waals surface area contributed by atoms with Gasteiger partial charge in [-0.2, -0.15) is 0 Å². The Morgan fingerprint density at radius 3 is 2.88 bits per heavy atom. The van der Waals surface area contributed by atoms with Crippen molar-refractivity contribution < 1.29 is 0 Å². The summed E-state index contributed by atoms with van der Waals surface area (Å²) in [5.74, 6) is 0. The number of likely N-dealkylation sites (N-methyl/N-ethyl adjacent to an activating group) is 1. The van der Waals surface area contributed by atoms with Crippen LogP contribution in [0.5, 0.6) is 0 Å². The number of nitrogens with zero attached hydrogens (tertiary/aromatic N) is 2. The number of aromatic nitrogens is 2. The molecular formula is C10H14ClN3O2. The molecule has 1 unspecified atom stereocenters. The molecule has 0 amide bonds. The Morgan fingerprint density at radius 1 is 1.56 bits per heavy atom. The maximum atomic E-state index is 11.6. The van der Waals surface area contributed by atoms with E-state index >= 15 is 0 Å². The van der Waals surface area contributed by atoms with Crippen molar-refractivity contribution in [2.24, 2.45) is 0 Å². The van der Waals surface area contributed by atoms with Crippen LogP contribution in [0.15, 0.2) is 15.7 Å². The first-order valence-corrected chi connectivity index (χ1v) is 5.65. The van der Waals surface area contributed by atoms with Gasteiger partial charge in [-0.15, -0.1) is 0 Å². The molecule has 1 fully saturated rings. The summed E-state index contributed by atoms with van der Waals surface area (Å²) in [5.41, 5.74) is -0.771. The lowest BCUT2D eigenvalue weighted by atomic mass is 10.2. The van der Waals surface area contributed by atoms with Crippen molar-refractivity contribution in [2.75, 3.05) is 13.6 Å². The summed E-state index contributed by atoms with van der Waals surface area (Å²) in [4.78, 5) is 27.7. The normalized spacial score (nSPS) is 21.5. The van der Waals surface area contributed by atoms with Gasteiger partial charge in [-0.3, -0.25) is 14.3 Å². The van der Waals surface area contributed by atoms with E-state index in [1.807, 2.05) is 7.05 Å². The van der Waals surface area contributed by atoms with Crippen LogP contribution in [0.1, 0.15) is 12.8 Å². The Balaban J connectivity index is 2.28. The highest BCUT2D eigenvalue weighted by Crippen LogP contribution is 2.15. The smallest absolute Gasteiger partial charge is 0.302 e. The van der Waals surface area contributed by atoms with E-state index in [1.165, 1.54) is 10.6 Å². The quantitative estimate of drug-likeness (QED) is 0.760. The molecule has 16 heavy (non-hydrogen) atoms. The molecule has 1 aromatic heterocycles. The number of aromatic amines is 1. The summed E-state index contributed by atoms with van der Waals surface area (Å²) in [6.07, 6.45) is 2.13. The molecule has 0 spiro atoms. The Bertz CT molecular complexity index is 462. The molecule has 2 rings (SSSR count). The Kier molecular flexibility index (Phi) is 3.16. The largest absolute Gasteiger partial charge is 0.329 e. The first-order valence-electron chi connectivity index (χ1n) is 5.28. The van der Waals surface area contributed by atoms with E-state index in [1.54, 1.807) is 0 Å². The number of halogens is 1. The molecule has 2 heterocycles. The second-order valence-electron chi connectivity index (χ2n) is 4.15. The van der Waals surface area contributed by atoms with Gasteiger partial charge in [-0.1, -0.05) is 11.6 Å². The molecule has 0 bridgehead atoms. The summed E-state index contributed by atoms with van der Waals surface area (Å²) in [6, 6.07) is 1.50. The van der Waals surface area contributed by atoms with Crippen LogP contribution >= 0.6 is 11.6 Å². The summed E-state index contributed by atoms with van der Waals surface area (Å²) in [7, 11) is 2.01. The fourth-order valence-electron chi connectivity index (χ4n) is 2.09. The third-order valence-corrected chi connectivity index (χ3v) is 3.26. The van der Waals surface area contributed by atoms with E-state index in [-0.39, 0.29) is 16.8 Å². The van der Waals surface area contributed by atoms with Gasteiger partial charge >= 0.3 is 5.69 Å². The third-order valence-electron chi connectivity index (χ3n) is 3.05. The van der Waals surface area contributed by atoms with Gasteiger partial charge in [0.25, 0.3) is 5.56 Å². The molecule has 1 N–H and O–H groups in total. The monoisotopic (exact) mass is 243 g/mol. The fraction of sp³-hybridized carbons (Fsp3) is 0.600. The first-order chi connectivity index (χ1) is 7.58. The highest BCUT2D eigenvalue weighted by molar-refractivity contribution is 6.29. The SMILES string of the molecule is CN1CCCC1Cn1c(=O)cc(Cl)[nH]c1=O. The van der Waals surface area contributed by atoms with Crippen molar-refractivity contribution >= 4 is 11.6 Å². The first kappa shape index (κ1) is 11.4. The number of H-pyrrole nitrogens is 1. The van der Waals surface area contributed by atoms with Gasteiger partial charge in [0.15, 0.2) is 0 Å². The van der Waals surface area contributed by atoms with Crippen LogP contribution in [0.3, 0.4) is 0 Å². The number of hydrogen-bond donors (Lipinski definition) is 1. The Labute approximate surface area is 97.7 Å². The second-order valence-corrected chi connectivity index (χ2v) is 4.56. The molecule has 5 nitrogen and oxygen atoms in total. The van der Waals surface area contributed by atoms with E-state index in [9.17, 15) is 9.59 Å². The maximum absolute atomic E-state index is 11.6. The summed E-state index contributed by atoms with van der Waals surface area (Å²) in [6.45, 7) is 1.45. The van der Waals surface area contributed by atoms with Crippen LogP contribution in [0, 0.1) is 0 Å². The van der Waals surface area contributed by atoms with E-state index < -0.39 is 5.69 Å². The molecule has 1 aliphatic rings. The Morgan fingerprint density at radius 2 is 2.31 bits per heavy atom. The molecule has 0 aliphatic carbocycles. The molecular weight excluding hydrogens is 230 g/mol. The van der Waals surface area contributed by atoms with E-state index in [2.05, 4.69) is 9.88 Å². The molecule has 1 aromatic rings. The van der Waals surface area contributed by atoms with Crippen LogP contribution in [0.25, 0.3) is 0 Å². The molecule has 6 heteroatoms. The third kappa shape index (κ3) is 2.20. The second kappa shape index (κ2) is 4.43. The lowest BCUT2D eigenvalue weighted by Crippen LogP contribution is -2.41. The standard InChI is InChI=1S/C10H14ClN3O2/c1-13-4-2-3-7(13)6-14-9(15)5-8(11)12-10(14)16/h5,7H,2-4,6H2,1H3,(H,12,16). The van der Waals surface area contributed by atoms with Gasteiger partial charge in [-0.05, 0) is 26.4 Å². The van der Waals surface area contributed by atoms with E-state index in [0.29, 0.717) is 6.54 Å². The molecule has 0 aromatic carbocycles. The Hall–Kier alpha value is -1.07. The average Bonchev–Trinajstić information content (AvgIpc) is 2.57. The number of nitrogens with one attached hydrogen (secondary N) is 1. The predicted molar refractivity (Wildman–Crippen MR) is 62.0 cm³/mol. The molecule has 1 aliphatic heterocycles. The summed E-state index contributed by atoms with van der Waals surface area (Å²) < 4.78 is 1.21. The number of hydrogen-bond acceptors (Lipinski definition) is 3. The van der Waals surface area contributed by atoms with Gasteiger partial charge < -0.3 is 4.90 Å². The van der Waals surface area contributed by atoms with Gasteiger partial charge in [0.05, 0.1) is 0 Å². The van der Waals surface area contributed by atoms with Crippen molar-refractivity contribution in [1.82, 2.24) is 14.5 Å². The highest BCUT2D eigenvalue weighted by Gasteiger charge is 2.22. The fourth-order valence-corrected chi connectivity index (χ4v) is 2.26. The van der Waals surface area contributed by atoms with Gasteiger partial charge in [0, 0.05) is 18.7 Å². The van der Waals surface area contributed by atoms with E-state index in [4.69, 9.17) is 11.6 Å². The van der Waals surface area contributed by atoms with Gasteiger partial charge in [0.2, 0.25) is 0 Å². The molecule has 0 radical (unpaired) electrons. The molecule has 1 saturated heterocycles. The topological polar surface area (TPSA) is 58.1 Å².